The molecule has 7 nitrogen and oxygen atoms in total. The van der Waals surface area contributed by atoms with Crippen LogP contribution in [-0.4, -0.2) is 24.2 Å². The molecular weight excluding hydrogens is 286 g/mol. The molecule has 2 aromatic carbocycles. The average molecular weight is 299 g/mol. The Balaban J connectivity index is 2.13. The van der Waals surface area contributed by atoms with E-state index in [2.05, 4.69) is 10.5 Å². The molecule has 7 heteroatoms. The molecule has 2 aromatic rings. The SMILES string of the molecule is COc1ccccc1C(=O)NN=Cc1ccccc1[N+](=O)[O-]. The first kappa shape index (κ1) is 15.2. The van der Waals surface area contributed by atoms with Crippen molar-refractivity contribution < 1.29 is 14.5 Å². The maximum absolute atomic E-state index is 12.0. The van der Waals surface area contributed by atoms with E-state index in [0.29, 0.717) is 16.9 Å². The van der Waals surface area contributed by atoms with E-state index in [-0.39, 0.29) is 5.69 Å². The van der Waals surface area contributed by atoms with Crippen LogP contribution in [-0.2, 0) is 0 Å². The van der Waals surface area contributed by atoms with Crippen LogP contribution in [0.3, 0.4) is 0 Å². The summed E-state index contributed by atoms with van der Waals surface area (Å²) >= 11 is 0. The van der Waals surface area contributed by atoms with E-state index in [4.69, 9.17) is 4.74 Å². The van der Waals surface area contributed by atoms with Gasteiger partial charge < -0.3 is 4.74 Å². The zero-order valence-corrected chi connectivity index (χ0v) is 11.7. The molecule has 1 amide bonds. The van der Waals surface area contributed by atoms with Crippen molar-refractivity contribution in [2.75, 3.05) is 7.11 Å². The van der Waals surface area contributed by atoms with Crippen LogP contribution in [0.1, 0.15) is 15.9 Å². The van der Waals surface area contributed by atoms with Gasteiger partial charge in [0.1, 0.15) is 5.75 Å². The lowest BCUT2D eigenvalue weighted by Crippen LogP contribution is -2.18. The molecule has 22 heavy (non-hydrogen) atoms. The van der Waals surface area contributed by atoms with Crippen LogP contribution < -0.4 is 10.2 Å². The summed E-state index contributed by atoms with van der Waals surface area (Å²) in [5, 5.41) is 14.6. The molecule has 1 N–H and O–H groups in total. The maximum Gasteiger partial charge on any atom is 0.278 e. The highest BCUT2D eigenvalue weighted by Gasteiger charge is 2.12. The fraction of sp³-hybridized carbons (Fsp3) is 0.0667. The topological polar surface area (TPSA) is 93.8 Å². The minimum atomic E-state index is -0.511. The second-order valence-electron chi connectivity index (χ2n) is 4.22. The second-order valence-corrected chi connectivity index (χ2v) is 4.22. The Bertz CT molecular complexity index is 728. The number of ether oxygens (including phenoxy) is 1. The fourth-order valence-electron chi connectivity index (χ4n) is 1.82. The van der Waals surface area contributed by atoms with E-state index < -0.39 is 10.8 Å². The number of rotatable bonds is 5. The molecule has 0 aromatic heterocycles. The van der Waals surface area contributed by atoms with Crippen LogP contribution in [0.5, 0.6) is 5.75 Å². The van der Waals surface area contributed by atoms with E-state index in [1.165, 1.54) is 25.5 Å². The number of nitrogens with zero attached hydrogens (tertiary/aromatic N) is 2. The van der Waals surface area contributed by atoms with Crippen molar-refractivity contribution in [3.05, 3.63) is 69.8 Å². The lowest BCUT2D eigenvalue weighted by Gasteiger charge is -2.05. The molecule has 2 rings (SSSR count). The number of para-hydroxylation sites is 2. The highest BCUT2D eigenvalue weighted by molar-refractivity contribution is 5.97. The number of carbonyl (C=O) groups is 1. The van der Waals surface area contributed by atoms with E-state index in [0.717, 1.165) is 0 Å². The van der Waals surface area contributed by atoms with Gasteiger partial charge in [0.05, 0.1) is 29.4 Å². The van der Waals surface area contributed by atoms with Crippen LogP contribution in [0.4, 0.5) is 5.69 Å². The Morgan fingerprint density at radius 2 is 1.91 bits per heavy atom. The Labute approximate surface area is 126 Å². The second kappa shape index (κ2) is 6.98. The van der Waals surface area contributed by atoms with Gasteiger partial charge in [-0.15, -0.1) is 0 Å². The van der Waals surface area contributed by atoms with Gasteiger partial charge in [0.2, 0.25) is 0 Å². The van der Waals surface area contributed by atoms with E-state index >= 15 is 0 Å². The van der Waals surface area contributed by atoms with Gasteiger partial charge in [-0.25, -0.2) is 5.43 Å². The number of methoxy groups -OCH3 is 1. The molecule has 0 saturated heterocycles. The summed E-state index contributed by atoms with van der Waals surface area (Å²) in [5.41, 5.74) is 2.85. The monoisotopic (exact) mass is 299 g/mol. The van der Waals surface area contributed by atoms with E-state index in [1.54, 1.807) is 36.4 Å². The van der Waals surface area contributed by atoms with Gasteiger partial charge in [-0.05, 0) is 18.2 Å². The number of nitro benzene ring substituents is 1. The number of hydrazone groups is 1. The number of carbonyl (C=O) groups excluding carboxylic acids is 1. The number of nitro groups is 1. The molecule has 0 heterocycles. The minimum absolute atomic E-state index is 0.0854. The van der Waals surface area contributed by atoms with Crippen molar-refractivity contribution in [1.29, 1.82) is 0 Å². The molecule has 0 aliphatic carbocycles. The smallest absolute Gasteiger partial charge is 0.278 e. The molecule has 0 atom stereocenters. The number of hydrogen-bond donors (Lipinski definition) is 1. The van der Waals surface area contributed by atoms with Gasteiger partial charge in [0.25, 0.3) is 11.6 Å². The zero-order valence-electron chi connectivity index (χ0n) is 11.7. The Kier molecular flexibility index (Phi) is 4.81. The van der Waals surface area contributed by atoms with E-state index in [9.17, 15) is 14.9 Å². The summed E-state index contributed by atoms with van der Waals surface area (Å²) < 4.78 is 5.08. The Morgan fingerprint density at radius 1 is 1.23 bits per heavy atom. The number of hydrogen-bond acceptors (Lipinski definition) is 5. The number of benzene rings is 2. The summed E-state index contributed by atoms with van der Waals surface area (Å²) in [5.74, 6) is -0.0480. The zero-order chi connectivity index (χ0) is 15.9. The molecular formula is C15H13N3O4. The largest absolute Gasteiger partial charge is 0.496 e. The summed E-state index contributed by atoms with van der Waals surface area (Å²) in [4.78, 5) is 22.3. The Hall–Kier alpha value is -3.22. The first-order valence-electron chi connectivity index (χ1n) is 6.33. The van der Waals surface area contributed by atoms with Crippen LogP contribution in [0.15, 0.2) is 53.6 Å². The third kappa shape index (κ3) is 3.45. The Morgan fingerprint density at radius 3 is 2.64 bits per heavy atom. The first-order chi connectivity index (χ1) is 10.6. The van der Waals surface area contributed by atoms with Crippen LogP contribution >= 0.6 is 0 Å². The number of amides is 1. The van der Waals surface area contributed by atoms with Gasteiger partial charge in [-0.1, -0.05) is 24.3 Å². The van der Waals surface area contributed by atoms with E-state index in [1.807, 2.05) is 0 Å². The summed E-state index contributed by atoms with van der Waals surface area (Å²) in [6.45, 7) is 0. The van der Waals surface area contributed by atoms with Crippen molar-refractivity contribution in [3.8, 4) is 5.75 Å². The molecule has 0 aliphatic rings. The third-order valence-electron chi connectivity index (χ3n) is 2.85. The molecule has 0 bridgehead atoms. The molecule has 0 aliphatic heterocycles. The lowest BCUT2D eigenvalue weighted by atomic mass is 10.2. The highest BCUT2D eigenvalue weighted by atomic mass is 16.6. The predicted molar refractivity (Wildman–Crippen MR) is 81.2 cm³/mol. The van der Waals surface area contributed by atoms with Crippen molar-refractivity contribution in [1.82, 2.24) is 5.43 Å². The van der Waals surface area contributed by atoms with Gasteiger partial charge in [0.15, 0.2) is 0 Å². The van der Waals surface area contributed by atoms with Gasteiger partial charge >= 0.3 is 0 Å². The quantitative estimate of drug-likeness (QED) is 0.521. The van der Waals surface area contributed by atoms with Crippen molar-refractivity contribution >= 4 is 17.8 Å². The molecule has 0 fully saturated rings. The summed E-state index contributed by atoms with van der Waals surface area (Å²) in [6, 6.07) is 12.8. The summed E-state index contributed by atoms with van der Waals surface area (Å²) in [7, 11) is 1.46. The molecule has 0 spiro atoms. The molecule has 0 saturated carbocycles. The number of nitrogens with one attached hydrogen (secondary N) is 1. The molecule has 0 unspecified atom stereocenters. The standard InChI is InChI=1S/C15H13N3O4/c1-22-14-9-5-3-7-12(14)15(19)17-16-10-11-6-2-4-8-13(11)18(20)21/h2-10H,1H3,(H,17,19). The van der Waals surface area contributed by atoms with Crippen LogP contribution in [0, 0.1) is 10.1 Å². The first-order valence-corrected chi connectivity index (χ1v) is 6.33. The molecule has 112 valence electrons. The highest BCUT2D eigenvalue weighted by Crippen LogP contribution is 2.17. The average Bonchev–Trinajstić information content (AvgIpc) is 2.55. The van der Waals surface area contributed by atoms with Crippen molar-refractivity contribution in [2.24, 2.45) is 5.10 Å². The van der Waals surface area contributed by atoms with Crippen molar-refractivity contribution in [2.45, 2.75) is 0 Å². The fourth-order valence-corrected chi connectivity index (χ4v) is 1.82. The minimum Gasteiger partial charge on any atom is -0.496 e. The normalized spacial score (nSPS) is 10.4. The van der Waals surface area contributed by atoms with Crippen LogP contribution in [0.2, 0.25) is 0 Å². The van der Waals surface area contributed by atoms with Gasteiger partial charge in [-0.3, -0.25) is 14.9 Å². The van der Waals surface area contributed by atoms with Gasteiger partial charge in [0, 0.05) is 6.07 Å². The lowest BCUT2D eigenvalue weighted by molar-refractivity contribution is -0.385. The third-order valence-corrected chi connectivity index (χ3v) is 2.85. The van der Waals surface area contributed by atoms with Gasteiger partial charge in [-0.2, -0.15) is 5.10 Å². The van der Waals surface area contributed by atoms with Crippen molar-refractivity contribution in [3.63, 3.8) is 0 Å². The maximum atomic E-state index is 12.0. The summed E-state index contributed by atoms with van der Waals surface area (Å²) in [6.07, 6.45) is 1.23. The predicted octanol–water partition coefficient (Wildman–Crippen LogP) is 2.37. The van der Waals surface area contributed by atoms with Crippen LogP contribution in [0.25, 0.3) is 0 Å². The molecule has 0 radical (unpaired) electrons.